The van der Waals surface area contributed by atoms with E-state index in [-0.39, 0.29) is 18.1 Å². The van der Waals surface area contributed by atoms with E-state index < -0.39 is 0 Å². The number of aliphatic hydroxyl groups is 1. The van der Waals surface area contributed by atoms with Crippen LogP contribution in [0.2, 0.25) is 0 Å². The molecular weight excluding hydrogens is 262 g/mol. The molecule has 5 nitrogen and oxygen atoms in total. The van der Waals surface area contributed by atoms with Crippen molar-refractivity contribution >= 4 is 16.7 Å². The number of aliphatic hydroxyl groups excluding tert-OH is 1. The Balaban J connectivity index is 1.89. The molecule has 0 bridgehead atoms. The third-order valence-corrected chi connectivity index (χ3v) is 4.02. The van der Waals surface area contributed by atoms with Crippen molar-refractivity contribution in [2.75, 3.05) is 31.2 Å². The number of nitrogens with zero attached hydrogens (tertiary/aromatic N) is 3. The summed E-state index contributed by atoms with van der Waals surface area (Å²) >= 11 is 1.49. The van der Waals surface area contributed by atoms with Gasteiger partial charge in [-0.15, -0.1) is 0 Å². The molecule has 0 radical (unpaired) electrons. The fraction of sp³-hybridized carbons (Fsp3) is 0.846. The molecule has 1 N–H and O–H groups in total. The minimum Gasteiger partial charge on any atom is -0.394 e. The molecular formula is C13H23N3O2S. The van der Waals surface area contributed by atoms with Gasteiger partial charge in [-0.2, -0.15) is 4.37 Å². The Morgan fingerprint density at radius 3 is 2.58 bits per heavy atom. The van der Waals surface area contributed by atoms with E-state index in [2.05, 4.69) is 35.0 Å². The number of hydrogen-bond donors (Lipinski definition) is 1. The quantitative estimate of drug-likeness (QED) is 0.914. The van der Waals surface area contributed by atoms with Crippen molar-refractivity contribution in [2.24, 2.45) is 0 Å². The molecule has 0 amide bonds. The van der Waals surface area contributed by atoms with Crippen LogP contribution in [0, 0.1) is 0 Å². The summed E-state index contributed by atoms with van der Waals surface area (Å²) < 4.78 is 10.0. The molecule has 1 aromatic rings. The Morgan fingerprint density at radius 1 is 1.37 bits per heavy atom. The normalized spacial score (nSPS) is 18.0. The van der Waals surface area contributed by atoms with Gasteiger partial charge < -0.3 is 14.7 Å². The molecule has 0 spiro atoms. The van der Waals surface area contributed by atoms with E-state index in [1.807, 2.05) is 0 Å². The van der Waals surface area contributed by atoms with Gasteiger partial charge in [-0.3, -0.25) is 0 Å². The Kier molecular flexibility index (Phi) is 4.76. The standard InChI is InChI=1S/C13H23N3O2S/c1-13(2,3)11-14-12(19-15-11)16-6-4-10(5-7-16)18-9-8-17/h10,17H,4-9H2,1-3H3. The lowest BCUT2D eigenvalue weighted by Crippen LogP contribution is -2.37. The van der Waals surface area contributed by atoms with Crippen LogP contribution >= 0.6 is 11.5 Å². The fourth-order valence-electron chi connectivity index (χ4n) is 2.08. The van der Waals surface area contributed by atoms with Crippen molar-refractivity contribution < 1.29 is 9.84 Å². The van der Waals surface area contributed by atoms with Gasteiger partial charge in [0.15, 0.2) is 0 Å². The topological polar surface area (TPSA) is 58.5 Å². The van der Waals surface area contributed by atoms with Crippen LogP contribution in [0.5, 0.6) is 0 Å². The van der Waals surface area contributed by atoms with Crippen LogP contribution in [0.15, 0.2) is 0 Å². The van der Waals surface area contributed by atoms with E-state index in [1.165, 1.54) is 11.5 Å². The Morgan fingerprint density at radius 2 is 2.05 bits per heavy atom. The Bertz CT molecular complexity index is 395. The molecule has 2 heterocycles. The first-order valence-electron chi connectivity index (χ1n) is 6.82. The van der Waals surface area contributed by atoms with Gasteiger partial charge in [-0.25, -0.2) is 4.98 Å². The predicted octanol–water partition coefficient (Wildman–Crippen LogP) is 1.81. The fourth-order valence-corrected chi connectivity index (χ4v) is 2.99. The van der Waals surface area contributed by atoms with Crippen LogP contribution in [0.3, 0.4) is 0 Å². The summed E-state index contributed by atoms with van der Waals surface area (Å²) in [4.78, 5) is 6.93. The van der Waals surface area contributed by atoms with Gasteiger partial charge in [0.2, 0.25) is 5.13 Å². The lowest BCUT2D eigenvalue weighted by atomic mass is 9.96. The zero-order chi connectivity index (χ0) is 13.9. The first-order valence-corrected chi connectivity index (χ1v) is 7.59. The molecule has 2 rings (SSSR count). The zero-order valence-electron chi connectivity index (χ0n) is 11.9. The molecule has 1 saturated heterocycles. The highest BCUT2D eigenvalue weighted by Crippen LogP contribution is 2.27. The smallest absolute Gasteiger partial charge is 0.205 e. The molecule has 0 aliphatic carbocycles. The van der Waals surface area contributed by atoms with Crippen molar-refractivity contribution in [1.82, 2.24) is 9.36 Å². The van der Waals surface area contributed by atoms with E-state index in [0.717, 1.165) is 36.9 Å². The molecule has 1 fully saturated rings. The summed E-state index contributed by atoms with van der Waals surface area (Å²) in [7, 11) is 0. The van der Waals surface area contributed by atoms with Crippen LogP contribution in [0.25, 0.3) is 0 Å². The maximum atomic E-state index is 8.75. The molecule has 0 saturated carbocycles. The lowest BCUT2D eigenvalue weighted by Gasteiger charge is -2.31. The zero-order valence-corrected chi connectivity index (χ0v) is 12.7. The van der Waals surface area contributed by atoms with E-state index in [1.54, 1.807) is 0 Å². The van der Waals surface area contributed by atoms with Crippen molar-refractivity contribution in [2.45, 2.75) is 45.1 Å². The Labute approximate surface area is 118 Å². The van der Waals surface area contributed by atoms with Crippen LogP contribution < -0.4 is 4.90 Å². The largest absolute Gasteiger partial charge is 0.394 e. The van der Waals surface area contributed by atoms with Crippen LogP contribution in [0.1, 0.15) is 39.4 Å². The molecule has 1 aromatic heterocycles. The van der Waals surface area contributed by atoms with Gasteiger partial charge in [-0.1, -0.05) is 20.8 Å². The van der Waals surface area contributed by atoms with Gasteiger partial charge in [0.25, 0.3) is 0 Å². The number of ether oxygens (including phenoxy) is 1. The monoisotopic (exact) mass is 285 g/mol. The first kappa shape index (κ1) is 14.7. The summed E-state index contributed by atoms with van der Waals surface area (Å²) in [5, 5.41) is 9.77. The number of piperidine rings is 1. The van der Waals surface area contributed by atoms with Crippen LogP contribution in [-0.4, -0.2) is 46.9 Å². The molecule has 0 unspecified atom stereocenters. The highest BCUT2D eigenvalue weighted by atomic mass is 32.1. The average molecular weight is 285 g/mol. The maximum Gasteiger partial charge on any atom is 0.205 e. The van der Waals surface area contributed by atoms with E-state index in [0.29, 0.717) is 6.61 Å². The summed E-state index contributed by atoms with van der Waals surface area (Å²) in [5.74, 6) is 0.922. The first-order chi connectivity index (χ1) is 9.00. The molecule has 6 heteroatoms. The molecule has 19 heavy (non-hydrogen) atoms. The number of rotatable bonds is 4. The van der Waals surface area contributed by atoms with E-state index in [4.69, 9.17) is 9.84 Å². The van der Waals surface area contributed by atoms with Gasteiger partial charge >= 0.3 is 0 Å². The van der Waals surface area contributed by atoms with Gasteiger partial charge in [0.05, 0.1) is 19.3 Å². The third-order valence-electron chi connectivity index (χ3n) is 3.24. The lowest BCUT2D eigenvalue weighted by molar-refractivity contribution is 0.0159. The maximum absolute atomic E-state index is 8.75. The van der Waals surface area contributed by atoms with Crippen molar-refractivity contribution in [1.29, 1.82) is 0 Å². The van der Waals surface area contributed by atoms with Gasteiger partial charge in [-0.05, 0) is 12.8 Å². The second-order valence-electron chi connectivity index (χ2n) is 5.93. The highest BCUT2D eigenvalue weighted by Gasteiger charge is 2.25. The highest BCUT2D eigenvalue weighted by molar-refractivity contribution is 7.09. The Hall–Kier alpha value is -0.720. The summed E-state index contributed by atoms with van der Waals surface area (Å²) in [5.41, 5.74) is 0.0112. The van der Waals surface area contributed by atoms with Crippen LogP contribution in [0.4, 0.5) is 5.13 Å². The minimum absolute atomic E-state index is 0.0112. The van der Waals surface area contributed by atoms with Crippen LogP contribution in [-0.2, 0) is 10.2 Å². The van der Waals surface area contributed by atoms with E-state index >= 15 is 0 Å². The van der Waals surface area contributed by atoms with Gasteiger partial charge in [0, 0.05) is 30.0 Å². The van der Waals surface area contributed by atoms with Gasteiger partial charge in [0.1, 0.15) is 5.82 Å². The molecule has 1 aliphatic rings. The second-order valence-corrected chi connectivity index (χ2v) is 6.66. The average Bonchev–Trinajstić information content (AvgIpc) is 2.86. The number of anilines is 1. The summed E-state index contributed by atoms with van der Waals surface area (Å²) in [6.45, 7) is 8.85. The molecule has 0 aromatic carbocycles. The number of aromatic nitrogens is 2. The summed E-state index contributed by atoms with van der Waals surface area (Å²) in [6, 6.07) is 0. The second kappa shape index (κ2) is 6.15. The third kappa shape index (κ3) is 3.87. The van der Waals surface area contributed by atoms with Crippen molar-refractivity contribution in [3.8, 4) is 0 Å². The van der Waals surface area contributed by atoms with E-state index in [9.17, 15) is 0 Å². The number of hydrogen-bond acceptors (Lipinski definition) is 6. The molecule has 1 aliphatic heterocycles. The van der Waals surface area contributed by atoms with Crippen molar-refractivity contribution in [3.63, 3.8) is 0 Å². The minimum atomic E-state index is 0.0112. The summed E-state index contributed by atoms with van der Waals surface area (Å²) in [6.07, 6.45) is 2.26. The molecule has 108 valence electrons. The van der Waals surface area contributed by atoms with Crippen molar-refractivity contribution in [3.05, 3.63) is 5.82 Å². The molecule has 0 atom stereocenters. The SMILES string of the molecule is CC(C)(C)c1nsc(N2CCC(OCCO)CC2)n1. The predicted molar refractivity (Wildman–Crippen MR) is 76.9 cm³/mol.